The lowest BCUT2D eigenvalue weighted by Gasteiger charge is -2.28. The maximum Gasteiger partial charge on any atom is 0.376 e. The summed E-state index contributed by atoms with van der Waals surface area (Å²) < 4.78 is 3.14. The molecule has 0 radical (unpaired) electrons. The van der Waals surface area contributed by atoms with Gasteiger partial charge in [-0.15, -0.1) is 0 Å². The summed E-state index contributed by atoms with van der Waals surface area (Å²) in [7, 11) is -0.385. The SMILES string of the molecule is CB(O)N1CCn2c(Br)cnc2C1. The third-order valence-electron chi connectivity index (χ3n) is 2.37. The standard InChI is InChI=1S/C7H11BBrN3O/c1-8(13)11-2-3-12-6(9)4-10-7(12)5-11/h4,13H,2-3,5H2,1H3. The number of hydrogen-bond acceptors (Lipinski definition) is 3. The second kappa shape index (κ2) is 3.44. The molecule has 1 aliphatic rings. The van der Waals surface area contributed by atoms with Crippen LogP contribution in [0.3, 0.4) is 0 Å². The summed E-state index contributed by atoms with van der Waals surface area (Å²) in [6.45, 7) is 4.28. The molecule has 6 heteroatoms. The first-order valence-electron chi connectivity index (χ1n) is 4.30. The molecule has 0 atom stereocenters. The Labute approximate surface area is 85.8 Å². The third-order valence-corrected chi connectivity index (χ3v) is 3.01. The first-order chi connectivity index (χ1) is 6.18. The van der Waals surface area contributed by atoms with Crippen molar-refractivity contribution in [2.24, 2.45) is 0 Å². The molecule has 0 amide bonds. The van der Waals surface area contributed by atoms with Crippen molar-refractivity contribution in [3.8, 4) is 0 Å². The molecule has 13 heavy (non-hydrogen) atoms. The summed E-state index contributed by atoms with van der Waals surface area (Å²) in [6, 6.07) is 0. The van der Waals surface area contributed by atoms with Crippen LogP contribution in [-0.2, 0) is 13.1 Å². The van der Waals surface area contributed by atoms with E-state index in [-0.39, 0.29) is 7.05 Å². The predicted octanol–water partition coefficient (Wildman–Crippen LogP) is 0.571. The molecule has 1 aromatic heterocycles. The van der Waals surface area contributed by atoms with E-state index in [2.05, 4.69) is 25.5 Å². The van der Waals surface area contributed by atoms with Gasteiger partial charge in [0.1, 0.15) is 10.4 Å². The highest BCUT2D eigenvalue weighted by Gasteiger charge is 2.23. The fraction of sp³-hybridized carbons (Fsp3) is 0.571. The van der Waals surface area contributed by atoms with Crippen LogP contribution in [0, 0.1) is 0 Å². The van der Waals surface area contributed by atoms with Crippen molar-refractivity contribution in [1.82, 2.24) is 14.4 Å². The van der Waals surface area contributed by atoms with Crippen LogP contribution in [0.25, 0.3) is 0 Å². The smallest absolute Gasteiger partial charge is 0.376 e. The Bertz CT molecular complexity index is 315. The minimum atomic E-state index is -0.385. The van der Waals surface area contributed by atoms with Gasteiger partial charge in [-0.05, 0) is 22.8 Å². The van der Waals surface area contributed by atoms with Gasteiger partial charge in [-0.25, -0.2) is 4.98 Å². The third kappa shape index (κ3) is 1.66. The van der Waals surface area contributed by atoms with Crippen LogP contribution in [0.1, 0.15) is 5.82 Å². The van der Waals surface area contributed by atoms with Gasteiger partial charge in [0, 0.05) is 19.6 Å². The molecule has 0 saturated heterocycles. The van der Waals surface area contributed by atoms with E-state index in [0.717, 1.165) is 30.1 Å². The molecule has 0 bridgehead atoms. The summed E-state index contributed by atoms with van der Waals surface area (Å²) in [5, 5.41) is 9.39. The molecule has 2 rings (SSSR count). The lowest BCUT2D eigenvalue weighted by molar-refractivity contribution is 0.299. The van der Waals surface area contributed by atoms with Crippen molar-refractivity contribution >= 4 is 23.0 Å². The van der Waals surface area contributed by atoms with E-state index in [1.54, 1.807) is 13.0 Å². The zero-order valence-electron chi connectivity index (χ0n) is 7.44. The van der Waals surface area contributed by atoms with Crippen LogP contribution in [0.5, 0.6) is 0 Å². The highest BCUT2D eigenvalue weighted by Crippen LogP contribution is 2.18. The lowest BCUT2D eigenvalue weighted by Crippen LogP contribution is -2.42. The summed E-state index contributed by atoms with van der Waals surface area (Å²) >= 11 is 3.43. The molecule has 0 saturated carbocycles. The monoisotopic (exact) mass is 243 g/mol. The maximum atomic E-state index is 9.39. The van der Waals surface area contributed by atoms with E-state index < -0.39 is 0 Å². The van der Waals surface area contributed by atoms with Crippen molar-refractivity contribution in [2.75, 3.05) is 6.54 Å². The predicted molar refractivity (Wildman–Crippen MR) is 54.2 cm³/mol. The first-order valence-corrected chi connectivity index (χ1v) is 5.10. The molecule has 2 heterocycles. The molecule has 0 aliphatic carbocycles. The van der Waals surface area contributed by atoms with Crippen molar-refractivity contribution in [3.63, 3.8) is 0 Å². The molecule has 1 aromatic rings. The summed E-state index contributed by atoms with van der Waals surface area (Å²) in [6.07, 6.45) is 1.81. The average Bonchev–Trinajstić information content (AvgIpc) is 2.47. The lowest BCUT2D eigenvalue weighted by atomic mass is 9.84. The second-order valence-electron chi connectivity index (χ2n) is 3.25. The Morgan fingerprint density at radius 2 is 2.38 bits per heavy atom. The number of imidazole rings is 1. The minimum absolute atomic E-state index is 0.385. The van der Waals surface area contributed by atoms with Gasteiger partial charge in [-0.1, -0.05) is 0 Å². The molecule has 0 unspecified atom stereocenters. The highest BCUT2D eigenvalue weighted by molar-refractivity contribution is 9.10. The Morgan fingerprint density at radius 1 is 1.62 bits per heavy atom. The van der Waals surface area contributed by atoms with Crippen LogP contribution in [0.2, 0.25) is 6.82 Å². The molecular weight excluding hydrogens is 233 g/mol. The molecular formula is C7H11BBrN3O. The number of halogens is 1. The van der Waals surface area contributed by atoms with E-state index in [0.29, 0.717) is 0 Å². The van der Waals surface area contributed by atoms with Crippen LogP contribution in [-0.4, -0.2) is 33.0 Å². The molecule has 1 N–H and O–H groups in total. The molecule has 4 nitrogen and oxygen atoms in total. The Kier molecular flexibility index (Phi) is 2.44. The maximum absolute atomic E-state index is 9.39. The van der Waals surface area contributed by atoms with E-state index >= 15 is 0 Å². The van der Waals surface area contributed by atoms with Gasteiger partial charge in [0.25, 0.3) is 0 Å². The van der Waals surface area contributed by atoms with Crippen molar-refractivity contribution in [3.05, 3.63) is 16.6 Å². The van der Waals surface area contributed by atoms with Gasteiger partial charge >= 0.3 is 7.05 Å². The molecule has 70 valence electrons. The van der Waals surface area contributed by atoms with E-state index in [4.69, 9.17) is 0 Å². The Hall–Kier alpha value is -0.325. The Balaban J connectivity index is 2.21. The summed E-state index contributed by atoms with van der Waals surface area (Å²) in [4.78, 5) is 6.25. The van der Waals surface area contributed by atoms with Crippen LogP contribution >= 0.6 is 15.9 Å². The molecule has 0 fully saturated rings. The van der Waals surface area contributed by atoms with Crippen LogP contribution in [0.15, 0.2) is 10.8 Å². The molecule has 1 aliphatic heterocycles. The number of fused-ring (bicyclic) bond motifs is 1. The van der Waals surface area contributed by atoms with Crippen LogP contribution < -0.4 is 0 Å². The number of aromatic nitrogens is 2. The van der Waals surface area contributed by atoms with E-state index in [1.165, 1.54) is 0 Å². The van der Waals surface area contributed by atoms with Gasteiger partial charge in [-0.2, -0.15) is 0 Å². The quantitative estimate of drug-likeness (QED) is 0.734. The van der Waals surface area contributed by atoms with E-state index in [1.807, 2.05) is 4.81 Å². The van der Waals surface area contributed by atoms with Gasteiger partial charge < -0.3 is 14.4 Å². The second-order valence-corrected chi connectivity index (χ2v) is 4.06. The molecule has 0 spiro atoms. The average molecular weight is 244 g/mol. The number of rotatable bonds is 1. The van der Waals surface area contributed by atoms with Gasteiger partial charge in [0.2, 0.25) is 0 Å². The fourth-order valence-corrected chi connectivity index (χ4v) is 2.04. The highest BCUT2D eigenvalue weighted by atomic mass is 79.9. The van der Waals surface area contributed by atoms with Gasteiger partial charge in [0.05, 0.1) is 6.20 Å². The van der Waals surface area contributed by atoms with Crippen molar-refractivity contribution in [1.29, 1.82) is 0 Å². The normalized spacial score (nSPS) is 17.2. The molecule has 0 aromatic carbocycles. The van der Waals surface area contributed by atoms with Crippen LogP contribution in [0.4, 0.5) is 0 Å². The number of nitrogens with zero attached hydrogens (tertiary/aromatic N) is 3. The zero-order valence-corrected chi connectivity index (χ0v) is 9.03. The van der Waals surface area contributed by atoms with E-state index in [9.17, 15) is 5.02 Å². The fourth-order valence-electron chi connectivity index (χ4n) is 1.56. The van der Waals surface area contributed by atoms with Gasteiger partial charge in [0.15, 0.2) is 0 Å². The Morgan fingerprint density at radius 3 is 3.08 bits per heavy atom. The topological polar surface area (TPSA) is 41.3 Å². The van der Waals surface area contributed by atoms with Crippen molar-refractivity contribution in [2.45, 2.75) is 19.9 Å². The summed E-state index contributed by atoms with van der Waals surface area (Å²) in [5.41, 5.74) is 0. The van der Waals surface area contributed by atoms with Crippen molar-refractivity contribution < 1.29 is 5.02 Å². The first kappa shape index (κ1) is 9.24. The summed E-state index contributed by atoms with van der Waals surface area (Å²) in [5.74, 6) is 1.01. The minimum Gasteiger partial charge on any atom is -0.437 e. The zero-order chi connectivity index (χ0) is 9.42. The number of hydrogen-bond donors (Lipinski definition) is 1. The van der Waals surface area contributed by atoms with Gasteiger partial charge in [-0.3, -0.25) is 0 Å². The largest absolute Gasteiger partial charge is 0.437 e.